The molecule has 182 valence electrons. The molecule has 0 radical (unpaired) electrons. The van der Waals surface area contributed by atoms with Crippen LogP contribution in [0.25, 0.3) is 0 Å². The smallest absolute Gasteiger partial charge is 0.222 e. The van der Waals surface area contributed by atoms with Gasteiger partial charge in [0.15, 0.2) is 0 Å². The largest absolute Gasteiger partial charge is 0.394 e. The fourth-order valence-electron chi connectivity index (χ4n) is 4.07. The lowest BCUT2D eigenvalue weighted by Gasteiger charge is -2.35. The number of likely N-dealkylation sites (N-methyl/N-ethyl adjacent to an activating group) is 1. The Morgan fingerprint density at radius 2 is 2.12 bits per heavy atom. The number of carbonyl (C=O) groups excluding carboxylic acids is 1. The lowest BCUT2D eigenvalue weighted by molar-refractivity contribution is -0.136. The van der Waals surface area contributed by atoms with Crippen molar-refractivity contribution in [1.82, 2.24) is 24.8 Å². The monoisotopic (exact) mass is 497 g/mol. The summed E-state index contributed by atoms with van der Waals surface area (Å²) in [6.07, 6.45) is 2.63. The maximum atomic E-state index is 13.0. The molecule has 1 aromatic carbocycles. The van der Waals surface area contributed by atoms with Crippen LogP contribution in [0.4, 0.5) is 0 Å². The van der Waals surface area contributed by atoms with Crippen LogP contribution in [0.1, 0.15) is 37.9 Å². The van der Waals surface area contributed by atoms with Gasteiger partial charge in [0.2, 0.25) is 5.91 Å². The van der Waals surface area contributed by atoms with Crippen molar-refractivity contribution < 1.29 is 14.6 Å². The molecule has 2 aromatic rings. The van der Waals surface area contributed by atoms with E-state index >= 15 is 0 Å². The average Bonchev–Trinajstić information content (AvgIpc) is 3.23. The lowest BCUT2D eigenvalue weighted by Crippen LogP contribution is -2.47. The maximum Gasteiger partial charge on any atom is 0.222 e. The van der Waals surface area contributed by atoms with Gasteiger partial charge in [-0.2, -0.15) is 0 Å². The Labute approximate surface area is 205 Å². The number of aromatic nitrogens is 3. The zero-order valence-corrected chi connectivity index (χ0v) is 21.0. The number of fused-ring (bicyclic) bond motifs is 1. The van der Waals surface area contributed by atoms with E-state index in [9.17, 15) is 9.90 Å². The minimum atomic E-state index is -0.251. The van der Waals surface area contributed by atoms with Crippen LogP contribution in [-0.2, 0) is 29.2 Å². The third-order valence-corrected chi connectivity index (χ3v) is 6.81. The first-order valence-corrected chi connectivity index (χ1v) is 12.1. The topological polar surface area (TPSA) is 83.7 Å². The van der Waals surface area contributed by atoms with E-state index in [2.05, 4.69) is 22.1 Å². The van der Waals surface area contributed by atoms with Gasteiger partial charge in [0.25, 0.3) is 0 Å². The second kappa shape index (κ2) is 12.1. The van der Waals surface area contributed by atoms with Gasteiger partial charge in [-0.1, -0.05) is 41.4 Å². The van der Waals surface area contributed by atoms with E-state index in [1.54, 1.807) is 21.8 Å². The predicted molar refractivity (Wildman–Crippen MR) is 128 cm³/mol. The molecule has 1 amide bonds. The van der Waals surface area contributed by atoms with Crippen molar-refractivity contribution >= 4 is 29.1 Å². The standard InChI is InChI=1S/C23H33Cl2N5O3/c1-16-11-29(17(2)14-31)23(32)5-4-8-30-19(10-26-27-30)15-33-22(16)13-28(3)12-18-6-7-20(24)21(25)9-18/h6-7,9-10,16-17,22,31H,4-5,8,11-15H2,1-3H3/t16-,17+,22-/m0/s1. The average molecular weight is 498 g/mol. The van der Waals surface area contributed by atoms with Crippen LogP contribution in [0, 0.1) is 5.92 Å². The minimum absolute atomic E-state index is 0.0357. The first-order chi connectivity index (χ1) is 15.8. The van der Waals surface area contributed by atoms with E-state index in [0.717, 1.165) is 11.3 Å². The van der Waals surface area contributed by atoms with Gasteiger partial charge in [-0.25, -0.2) is 4.68 Å². The molecule has 0 fully saturated rings. The van der Waals surface area contributed by atoms with Crippen molar-refractivity contribution in [3.8, 4) is 0 Å². The van der Waals surface area contributed by atoms with Gasteiger partial charge < -0.3 is 14.7 Å². The molecular weight excluding hydrogens is 465 g/mol. The maximum absolute atomic E-state index is 13.0. The third kappa shape index (κ3) is 7.13. The summed E-state index contributed by atoms with van der Waals surface area (Å²) in [7, 11) is 2.03. The number of rotatable bonds is 6. The molecule has 0 aliphatic carbocycles. The Kier molecular flexibility index (Phi) is 9.52. The number of carbonyl (C=O) groups is 1. The Hall–Kier alpha value is -1.71. The van der Waals surface area contributed by atoms with Crippen LogP contribution in [0.2, 0.25) is 10.0 Å². The number of nitrogens with zero attached hydrogens (tertiary/aromatic N) is 5. The molecule has 3 atom stereocenters. The van der Waals surface area contributed by atoms with Crippen LogP contribution in [-0.4, -0.2) is 74.7 Å². The first kappa shape index (κ1) is 25.9. The first-order valence-electron chi connectivity index (χ1n) is 11.3. The Morgan fingerprint density at radius 3 is 2.85 bits per heavy atom. The summed E-state index contributed by atoms with van der Waals surface area (Å²) < 4.78 is 8.17. The highest BCUT2D eigenvalue weighted by Crippen LogP contribution is 2.24. The van der Waals surface area contributed by atoms with Crippen molar-refractivity contribution in [1.29, 1.82) is 0 Å². The van der Waals surface area contributed by atoms with Gasteiger partial charge >= 0.3 is 0 Å². The zero-order valence-electron chi connectivity index (χ0n) is 19.5. The highest BCUT2D eigenvalue weighted by Gasteiger charge is 2.28. The molecule has 1 aliphatic rings. The van der Waals surface area contributed by atoms with Crippen molar-refractivity contribution in [2.75, 3.05) is 26.7 Å². The second-order valence-corrected chi connectivity index (χ2v) is 9.72. The predicted octanol–water partition coefficient (Wildman–Crippen LogP) is 3.24. The van der Waals surface area contributed by atoms with Gasteiger partial charge in [0.05, 0.1) is 47.3 Å². The molecule has 8 nitrogen and oxygen atoms in total. The van der Waals surface area contributed by atoms with E-state index in [0.29, 0.717) is 55.7 Å². The second-order valence-electron chi connectivity index (χ2n) is 8.90. The number of hydrogen-bond acceptors (Lipinski definition) is 6. The molecule has 10 heteroatoms. The quantitative estimate of drug-likeness (QED) is 0.659. The molecule has 0 bridgehead atoms. The number of halogens is 2. The molecule has 0 spiro atoms. The molecule has 3 rings (SSSR count). The summed E-state index contributed by atoms with van der Waals surface area (Å²) in [5, 5.41) is 19.0. The minimum Gasteiger partial charge on any atom is -0.394 e. The van der Waals surface area contributed by atoms with E-state index < -0.39 is 0 Å². The molecule has 1 N–H and O–H groups in total. The number of hydrogen-bond donors (Lipinski definition) is 1. The van der Waals surface area contributed by atoms with Gasteiger partial charge in [0, 0.05) is 38.5 Å². The summed E-state index contributed by atoms with van der Waals surface area (Å²) in [6, 6.07) is 5.39. The van der Waals surface area contributed by atoms with Crippen LogP contribution >= 0.6 is 23.2 Å². The highest BCUT2D eigenvalue weighted by molar-refractivity contribution is 6.42. The molecule has 0 saturated heterocycles. The Morgan fingerprint density at radius 1 is 1.33 bits per heavy atom. The van der Waals surface area contributed by atoms with E-state index in [1.165, 1.54) is 0 Å². The summed E-state index contributed by atoms with van der Waals surface area (Å²) in [5.41, 5.74) is 1.95. The molecule has 0 unspecified atom stereocenters. The number of aliphatic hydroxyl groups is 1. The lowest BCUT2D eigenvalue weighted by atomic mass is 10.0. The summed E-state index contributed by atoms with van der Waals surface area (Å²) in [5.74, 6) is 0.0801. The number of aliphatic hydroxyl groups excluding tert-OH is 1. The number of benzene rings is 1. The zero-order chi connectivity index (χ0) is 24.0. The van der Waals surface area contributed by atoms with Gasteiger partial charge in [-0.15, -0.1) is 5.10 Å². The van der Waals surface area contributed by atoms with Crippen LogP contribution in [0.5, 0.6) is 0 Å². The van der Waals surface area contributed by atoms with Gasteiger partial charge in [0.1, 0.15) is 0 Å². The normalized spacial score (nSPS) is 21.4. The van der Waals surface area contributed by atoms with E-state index in [1.807, 2.05) is 26.1 Å². The Balaban J connectivity index is 1.77. The SMILES string of the molecule is C[C@H](CO)N1C[C@H](C)[C@H](CN(C)Cc2ccc(Cl)c(Cl)c2)OCc2cnnn2CCCC1=O. The van der Waals surface area contributed by atoms with Crippen LogP contribution in [0.15, 0.2) is 24.4 Å². The van der Waals surface area contributed by atoms with E-state index in [-0.39, 0.29) is 30.6 Å². The van der Waals surface area contributed by atoms with Crippen LogP contribution in [0.3, 0.4) is 0 Å². The fourth-order valence-corrected chi connectivity index (χ4v) is 4.39. The fraction of sp³-hybridized carbons (Fsp3) is 0.609. The number of aryl methyl sites for hydroxylation is 1. The Bertz CT molecular complexity index is 925. The highest BCUT2D eigenvalue weighted by atomic mass is 35.5. The summed E-state index contributed by atoms with van der Waals surface area (Å²) in [4.78, 5) is 16.9. The molecule has 33 heavy (non-hydrogen) atoms. The third-order valence-electron chi connectivity index (χ3n) is 6.07. The number of amides is 1. The van der Waals surface area contributed by atoms with E-state index in [4.69, 9.17) is 27.9 Å². The summed E-state index contributed by atoms with van der Waals surface area (Å²) >= 11 is 12.2. The van der Waals surface area contributed by atoms with Crippen molar-refractivity contribution in [3.05, 3.63) is 45.7 Å². The van der Waals surface area contributed by atoms with Crippen molar-refractivity contribution in [3.63, 3.8) is 0 Å². The van der Waals surface area contributed by atoms with Gasteiger partial charge in [-0.05, 0) is 38.1 Å². The van der Waals surface area contributed by atoms with Gasteiger partial charge in [-0.3, -0.25) is 9.69 Å². The summed E-state index contributed by atoms with van der Waals surface area (Å²) in [6.45, 7) is 6.73. The van der Waals surface area contributed by atoms with Crippen molar-refractivity contribution in [2.24, 2.45) is 5.92 Å². The molecule has 1 aliphatic heterocycles. The molecule has 1 aromatic heterocycles. The molecule has 0 saturated carbocycles. The molecular formula is C23H33Cl2N5O3. The van der Waals surface area contributed by atoms with Crippen LogP contribution < -0.4 is 0 Å². The molecule has 2 heterocycles. The van der Waals surface area contributed by atoms with Crippen molar-refractivity contribution in [2.45, 2.75) is 58.5 Å². The number of ether oxygens (including phenoxy) is 1.